The van der Waals surface area contributed by atoms with Crippen molar-refractivity contribution in [1.82, 2.24) is 19.7 Å². The number of nitrogens with zero attached hydrogens (tertiary/aromatic N) is 4. The van der Waals surface area contributed by atoms with Gasteiger partial charge in [-0.25, -0.2) is 4.79 Å². The van der Waals surface area contributed by atoms with Crippen molar-refractivity contribution in [3.63, 3.8) is 0 Å². The van der Waals surface area contributed by atoms with Gasteiger partial charge in [-0.3, -0.25) is 9.78 Å². The monoisotopic (exact) mass is 318 g/mol. The Labute approximate surface area is 138 Å². The molecule has 0 spiro atoms. The van der Waals surface area contributed by atoms with Gasteiger partial charge < -0.3 is 14.7 Å². The molecule has 0 saturated carbocycles. The van der Waals surface area contributed by atoms with Gasteiger partial charge in [-0.1, -0.05) is 0 Å². The summed E-state index contributed by atoms with van der Waals surface area (Å²) in [6, 6.07) is 3.88. The molecule has 0 aliphatic carbocycles. The second-order valence-corrected chi connectivity index (χ2v) is 6.81. The Balaban J connectivity index is 1.95. The van der Waals surface area contributed by atoms with E-state index in [0.29, 0.717) is 32.5 Å². The number of amides is 3. The normalized spacial score (nSPS) is 17.0. The molecule has 2 rings (SSSR count). The molecule has 1 aliphatic heterocycles. The van der Waals surface area contributed by atoms with Gasteiger partial charge in [-0.2, -0.15) is 0 Å². The highest BCUT2D eigenvalue weighted by Crippen LogP contribution is 2.23. The van der Waals surface area contributed by atoms with Crippen LogP contribution in [0.5, 0.6) is 0 Å². The van der Waals surface area contributed by atoms with Gasteiger partial charge in [0.05, 0.1) is 5.54 Å². The van der Waals surface area contributed by atoms with Crippen molar-refractivity contribution < 1.29 is 9.59 Å². The lowest BCUT2D eigenvalue weighted by Gasteiger charge is -2.47. The molecule has 2 heterocycles. The Morgan fingerprint density at radius 1 is 1.22 bits per heavy atom. The van der Waals surface area contributed by atoms with Crippen LogP contribution in [-0.2, 0) is 11.2 Å². The summed E-state index contributed by atoms with van der Waals surface area (Å²) in [5.74, 6) is 0.142. The number of carbonyl (C=O) groups is 2. The van der Waals surface area contributed by atoms with Crippen molar-refractivity contribution in [3.05, 3.63) is 30.1 Å². The maximum Gasteiger partial charge on any atom is 0.319 e. The smallest absolute Gasteiger partial charge is 0.319 e. The lowest BCUT2D eigenvalue weighted by molar-refractivity contribution is -0.139. The zero-order valence-electron chi connectivity index (χ0n) is 14.5. The zero-order chi connectivity index (χ0) is 17.0. The van der Waals surface area contributed by atoms with Crippen molar-refractivity contribution >= 4 is 11.9 Å². The van der Waals surface area contributed by atoms with E-state index in [1.54, 1.807) is 31.4 Å². The summed E-state index contributed by atoms with van der Waals surface area (Å²) in [7, 11) is 3.50. The molecule has 1 fully saturated rings. The van der Waals surface area contributed by atoms with Crippen molar-refractivity contribution in [2.45, 2.75) is 32.2 Å². The fraction of sp³-hybridized carbons (Fsp3) is 0.588. The van der Waals surface area contributed by atoms with Crippen molar-refractivity contribution in [3.8, 4) is 0 Å². The van der Waals surface area contributed by atoms with Crippen LogP contribution >= 0.6 is 0 Å². The molecule has 1 aromatic heterocycles. The molecule has 3 amide bonds. The molecule has 0 radical (unpaired) electrons. The van der Waals surface area contributed by atoms with Gasteiger partial charge in [0.1, 0.15) is 0 Å². The van der Waals surface area contributed by atoms with Crippen molar-refractivity contribution in [1.29, 1.82) is 0 Å². The van der Waals surface area contributed by atoms with Crippen LogP contribution in [0.3, 0.4) is 0 Å². The molecule has 23 heavy (non-hydrogen) atoms. The average Bonchev–Trinajstić information content (AvgIpc) is 2.51. The molecule has 6 heteroatoms. The Morgan fingerprint density at radius 2 is 1.87 bits per heavy atom. The number of aromatic nitrogens is 1. The number of urea groups is 1. The van der Waals surface area contributed by atoms with Gasteiger partial charge >= 0.3 is 6.03 Å². The van der Waals surface area contributed by atoms with E-state index in [1.807, 2.05) is 35.8 Å². The predicted octanol–water partition coefficient (Wildman–Crippen LogP) is 1.62. The minimum atomic E-state index is -0.348. The molecular weight excluding hydrogens is 292 g/mol. The molecule has 0 N–H and O–H groups in total. The van der Waals surface area contributed by atoms with Crippen LogP contribution in [0.15, 0.2) is 24.5 Å². The first-order chi connectivity index (χ1) is 10.8. The maximum atomic E-state index is 12.6. The summed E-state index contributed by atoms with van der Waals surface area (Å²) in [4.78, 5) is 34.0. The van der Waals surface area contributed by atoms with Crippen molar-refractivity contribution in [2.75, 3.05) is 33.7 Å². The second kappa shape index (κ2) is 6.98. The summed E-state index contributed by atoms with van der Waals surface area (Å²) in [6.07, 6.45) is 4.69. The number of carbonyl (C=O) groups excluding carboxylic acids is 2. The molecule has 0 atom stereocenters. The van der Waals surface area contributed by atoms with Crippen LogP contribution < -0.4 is 0 Å². The largest absolute Gasteiger partial charge is 0.334 e. The Morgan fingerprint density at radius 3 is 2.43 bits per heavy atom. The highest BCUT2D eigenvalue weighted by molar-refractivity contribution is 5.78. The fourth-order valence-electron chi connectivity index (χ4n) is 3.00. The Kier molecular flexibility index (Phi) is 5.23. The summed E-state index contributed by atoms with van der Waals surface area (Å²) >= 11 is 0. The van der Waals surface area contributed by atoms with Gasteiger partial charge in [0, 0.05) is 52.5 Å². The van der Waals surface area contributed by atoms with E-state index in [0.717, 1.165) is 5.56 Å². The first kappa shape index (κ1) is 17.2. The van der Waals surface area contributed by atoms with Gasteiger partial charge in [-0.05, 0) is 38.0 Å². The van der Waals surface area contributed by atoms with Crippen LogP contribution in [-0.4, -0.2) is 70.9 Å². The van der Waals surface area contributed by atoms with Gasteiger partial charge in [0.15, 0.2) is 0 Å². The highest BCUT2D eigenvalue weighted by Gasteiger charge is 2.38. The molecule has 126 valence electrons. The van der Waals surface area contributed by atoms with Crippen LogP contribution in [0.4, 0.5) is 4.79 Å². The number of rotatable bonds is 3. The summed E-state index contributed by atoms with van der Waals surface area (Å²) in [5.41, 5.74) is 0.770. The zero-order valence-corrected chi connectivity index (χ0v) is 14.5. The Bertz CT molecular complexity index is 557. The molecule has 0 unspecified atom stereocenters. The summed E-state index contributed by atoms with van der Waals surface area (Å²) < 4.78 is 0. The highest BCUT2D eigenvalue weighted by atomic mass is 16.2. The lowest BCUT2D eigenvalue weighted by atomic mass is 9.97. The van der Waals surface area contributed by atoms with Crippen LogP contribution in [0.2, 0.25) is 0 Å². The molecular formula is C17H26N4O2. The van der Waals surface area contributed by atoms with Crippen LogP contribution in [0, 0.1) is 0 Å². The predicted molar refractivity (Wildman–Crippen MR) is 89.0 cm³/mol. The van der Waals surface area contributed by atoms with Gasteiger partial charge in [-0.15, -0.1) is 0 Å². The third kappa shape index (κ3) is 4.21. The fourth-order valence-corrected chi connectivity index (χ4v) is 3.00. The van der Waals surface area contributed by atoms with Gasteiger partial charge in [0.25, 0.3) is 0 Å². The van der Waals surface area contributed by atoms with E-state index in [-0.39, 0.29) is 17.5 Å². The molecule has 1 saturated heterocycles. The standard InChI is InChI=1S/C17H26N4O2/c1-17(2)13-20(16(23)19(3)4)11-12-21(17)15(22)6-5-14-7-9-18-10-8-14/h7-10H,5-6,11-13H2,1-4H3. The number of piperazine rings is 1. The summed E-state index contributed by atoms with van der Waals surface area (Å²) in [6.45, 7) is 5.77. The Hall–Kier alpha value is -2.11. The number of pyridine rings is 1. The second-order valence-electron chi connectivity index (χ2n) is 6.81. The third-order valence-corrected chi connectivity index (χ3v) is 4.23. The molecule has 0 bridgehead atoms. The molecule has 6 nitrogen and oxygen atoms in total. The molecule has 0 aromatic carbocycles. The number of hydrogen-bond donors (Lipinski definition) is 0. The third-order valence-electron chi connectivity index (χ3n) is 4.23. The lowest BCUT2D eigenvalue weighted by Crippen LogP contribution is -2.63. The minimum Gasteiger partial charge on any atom is -0.334 e. The number of aryl methyl sites for hydroxylation is 1. The van der Waals surface area contributed by atoms with E-state index in [2.05, 4.69) is 4.98 Å². The summed E-state index contributed by atoms with van der Waals surface area (Å²) in [5, 5.41) is 0. The average molecular weight is 318 g/mol. The minimum absolute atomic E-state index is 0.00181. The SMILES string of the molecule is CN(C)C(=O)N1CCN(C(=O)CCc2ccncc2)C(C)(C)C1. The van der Waals surface area contributed by atoms with E-state index < -0.39 is 0 Å². The first-order valence-corrected chi connectivity index (χ1v) is 7.97. The molecule has 1 aromatic rings. The van der Waals surface area contributed by atoms with Crippen LogP contribution in [0.1, 0.15) is 25.8 Å². The maximum absolute atomic E-state index is 12.6. The van der Waals surface area contributed by atoms with E-state index in [1.165, 1.54) is 0 Å². The van der Waals surface area contributed by atoms with Crippen molar-refractivity contribution in [2.24, 2.45) is 0 Å². The topological polar surface area (TPSA) is 56.8 Å². The van der Waals surface area contributed by atoms with Crippen LogP contribution in [0.25, 0.3) is 0 Å². The first-order valence-electron chi connectivity index (χ1n) is 7.97. The van der Waals surface area contributed by atoms with Gasteiger partial charge in [0.2, 0.25) is 5.91 Å². The van der Waals surface area contributed by atoms with E-state index in [9.17, 15) is 9.59 Å². The quantitative estimate of drug-likeness (QED) is 0.851. The molecule has 1 aliphatic rings. The van der Waals surface area contributed by atoms with E-state index in [4.69, 9.17) is 0 Å². The van der Waals surface area contributed by atoms with E-state index >= 15 is 0 Å². The number of hydrogen-bond acceptors (Lipinski definition) is 3.